The molecule has 1 N–H and O–H groups in total. The van der Waals surface area contributed by atoms with Crippen LogP contribution in [0.15, 0.2) is 0 Å². The van der Waals surface area contributed by atoms with Crippen molar-refractivity contribution >= 4 is 17.2 Å². The van der Waals surface area contributed by atoms with Crippen LogP contribution in [0.5, 0.6) is 5.19 Å². The second-order valence-electron chi connectivity index (χ2n) is 7.31. The van der Waals surface area contributed by atoms with Crippen LogP contribution in [0.25, 0.3) is 0 Å². The molecule has 1 fully saturated rings. The van der Waals surface area contributed by atoms with Gasteiger partial charge in [-0.25, -0.2) is 4.98 Å². The van der Waals surface area contributed by atoms with E-state index in [1.165, 1.54) is 18.3 Å². The van der Waals surface area contributed by atoms with Gasteiger partial charge in [0.15, 0.2) is 6.61 Å². The van der Waals surface area contributed by atoms with Crippen LogP contribution in [0.2, 0.25) is 0 Å². The Bertz CT molecular complexity index is 635. The number of amides is 1. The third-order valence-corrected chi connectivity index (χ3v) is 6.05. The Morgan fingerprint density at radius 1 is 1.36 bits per heavy atom. The fraction of sp³-hybridized carbons (Fsp3) is 0.778. The number of alkyl halides is 3. The number of nitrogens with zero attached hydrogens (tertiary/aromatic N) is 2. The normalized spacial score (nSPS) is 23.7. The molecule has 0 unspecified atom stereocenters. The number of hydrogen-bond acceptors (Lipinski definition) is 6. The summed E-state index contributed by atoms with van der Waals surface area (Å²) in [6.07, 6.45) is 0.176. The summed E-state index contributed by atoms with van der Waals surface area (Å²) >= 11 is 1.22. The maximum Gasteiger partial charge on any atom is 0.422 e. The van der Waals surface area contributed by atoms with E-state index < -0.39 is 12.8 Å². The van der Waals surface area contributed by atoms with Gasteiger partial charge in [0.25, 0.3) is 5.19 Å². The van der Waals surface area contributed by atoms with Crippen molar-refractivity contribution < 1.29 is 27.4 Å². The molecule has 0 aromatic carbocycles. The molecule has 158 valence electrons. The molecule has 1 aromatic rings. The second-order valence-corrected chi connectivity index (χ2v) is 8.36. The molecule has 1 aromatic heterocycles. The first-order chi connectivity index (χ1) is 13.3. The summed E-state index contributed by atoms with van der Waals surface area (Å²) in [6.45, 7) is 3.39. The van der Waals surface area contributed by atoms with Gasteiger partial charge in [-0.3, -0.25) is 4.79 Å². The zero-order chi connectivity index (χ0) is 20.1. The molecule has 6 nitrogen and oxygen atoms in total. The summed E-state index contributed by atoms with van der Waals surface area (Å²) in [6, 6.07) is 0.114. The van der Waals surface area contributed by atoms with E-state index in [9.17, 15) is 18.0 Å². The molecule has 28 heavy (non-hydrogen) atoms. The van der Waals surface area contributed by atoms with Crippen LogP contribution < -0.4 is 10.1 Å². The molecule has 0 spiro atoms. The molecule has 2 aliphatic heterocycles. The van der Waals surface area contributed by atoms with Gasteiger partial charge in [-0.2, -0.15) is 13.2 Å². The van der Waals surface area contributed by atoms with E-state index in [0.29, 0.717) is 6.61 Å². The van der Waals surface area contributed by atoms with Gasteiger partial charge in [-0.05, 0) is 25.7 Å². The van der Waals surface area contributed by atoms with E-state index >= 15 is 0 Å². The summed E-state index contributed by atoms with van der Waals surface area (Å²) in [5, 5.41) is 3.00. The van der Waals surface area contributed by atoms with Gasteiger partial charge in [0.05, 0.1) is 24.4 Å². The molecule has 1 amide bonds. The number of halogens is 3. The molecule has 1 saturated heterocycles. The summed E-state index contributed by atoms with van der Waals surface area (Å²) in [4.78, 5) is 18.7. The molecule has 0 bridgehead atoms. The molecule has 2 aliphatic rings. The molecule has 0 radical (unpaired) electrons. The molecule has 0 aliphatic carbocycles. The minimum Gasteiger partial charge on any atom is -0.460 e. The maximum atomic E-state index is 12.3. The van der Waals surface area contributed by atoms with Gasteiger partial charge in [-0.15, -0.1) is 0 Å². The lowest BCUT2D eigenvalue weighted by Crippen LogP contribution is -2.42. The molecule has 10 heteroatoms. The largest absolute Gasteiger partial charge is 0.460 e. The number of rotatable bonds is 6. The zero-order valence-corrected chi connectivity index (χ0v) is 16.7. The SMILES string of the molecule is CC(=O)N[C@H]1CC[C@H](CCN2CCc3nc(OCC(F)(F)F)sc3CC2)OC1. The van der Waals surface area contributed by atoms with E-state index in [1.807, 2.05) is 0 Å². The number of fused-ring (bicyclic) bond motifs is 1. The third kappa shape index (κ3) is 6.59. The minimum absolute atomic E-state index is 0.0235. The third-order valence-electron chi connectivity index (χ3n) is 4.98. The molecular weight excluding hydrogens is 395 g/mol. The van der Waals surface area contributed by atoms with Crippen molar-refractivity contribution in [3.8, 4) is 5.19 Å². The first kappa shape index (κ1) is 21.3. The van der Waals surface area contributed by atoms with Gasteiger partial charge < -0.3 is 19.7 Å². The van der Waals surface area contributed by atoms with Crippen LogP contribution in [-0.2, 0) is 22.4 Å². The number of carbonyl (C=O) groups is 1. The topological polar surface area (TPSA) is 63.7 Å². The fourth-order valence-corrected chi connectivity index (χ4v) is 4.52. The monoisotopic (exact) mass is 421 g/mol. The number of thiazole rings is 1. The van der Waals surface area contributed by atoms with E-state index in [4.69, 9.17) is 9.47 Å². The lowest BCUT2D eigenvalue weighted by Gasteiger charge is -2.31. The first-order valence-corrected chi connectivity index (χ1v) is 10.4. The van der Waals surface area contributed by atoms with Gasteiger partial charge in [0, 0.05) is 37.9 Å². The van der Waals surface area contributed by atoms with Crippen molar-refractivity contribution in [1.29, 1.82) is 0 Å². The van der Waals surface area contributed by atoms with Crippen molar-refractivity contribution in [2.75, 3.05) is 32.8 Å². The highest BCUT2D eigenvalue weighted by Gasteiger charge is 2.30. The number of aromatic nitrogens is 1. The first-order valence-electron chi connectivity index (χ1n) is 9.57. The second kappa shape index (κ2) is 9.41. The minimum atomic E-state index is -4.34. The summed E-state index contributed by atoms with van der Waals surface area (Å²) < 4.78 is 47.5. The fourth-order valence-electron chi connectivity index (χ4n) is 3.58. The average molecular weight is 421 g/mol. The van der Waals surface area contributed by atoms with Crippen LogP contribution in [-0.4, -0.2) is 67.0 Å². The van der Waals surface area contributed by atoms with E-state index in [0.717, 1.165) is 62.3 Å². The Morgan fingerprint density at radius 2 is 2.14 bits per heavy atom. The van der Waals surface area contributed by atoms with Gasteiger partial charge in [0.2, 0.25) is 5.91 Å². The Kier molecular flexibility index (Phi) is 7.16. The lowest BCUT2D eigenvalue weighted by atomic mass is 10.0. The molecular formula is C18H26F3N3O3S. The van der Waals surface area contributed by atoms with Crippen molar-refractivity contribution in [3.05, 3.63) is 10.6 Å². The van der Waals surface area contributed by atoms with Gasteiger partial charge in [-0.1, -0.05) is 11.3 Å². The van der Waals surface area contributed by atoms with Crippen molar-refractivity contribution in [3.63, 3.8) is 0 Å². The van der Waals surface area contributed by atoms with E-state index in [2.05, 4.69) is 15.2 Å². The quantitative estimate of drug-likeness (QED) is 0.765. The standard InChI is InChI=1S/C18H26F3N3O3S/c1-12(25)22-13-2-3-14(26-10-13)4-7-24-8-5-15-16(6-9-24)28-17(23-15)27-11-18(19,20)21/h13-14H,2-11H2,1H3,(H,22,25)/t13-,14+/m0/s1. The Balaban J connectivity index is 1.39. The van der Waals surface area contributed by atoms with Crippen LogP contribution >= 0.6 is 11.3 Å². The van der Waals surface area contributed by atoms with Gasteiger partial charge >= 0.3 is 6.18 Å². The maximum absolute atomic E-state index is 12.3. The molecule has 3 heterocycles. The van der Waals surface area contributed by atoms with E-state index in [-0.39, 0.29) is 23.2 Å². The van der Waals surface area contributed by atoms with Crippen LogP contribution in [0.4, 0.5) is 13.2 Å². The predicted octanol–water partition coefficient (Wildman–Crippen LogP) is 2.56. The summed E-state index contributed by atoms with van der Waals surface area (Å²) in [5.41, 5.74) is 0.858. The molecule has 3 rings (SSSR count). The highest BCUT2D eigenvalue weighted by atomic mass is 32.1. The Labute approximate surface area is 166 Å². The van der Waals surface area contributed by atoms with Crippen molar-refractivity contribution in [2.45, 2.75) is 57.3 Å². The van der Waals surface area contributed by atoms with Crippen LogP contribution in [0.3, 0.4) is 0 Å². The highest BCUT2D eigenvalue weighted by molar-refractivity contribution is 7.13. The highest BCUT2D eigenvalue weighted by Crippen LogP contribution is 2.29. The van der Waals surface area contributed by atoms with Crippen molar-refractivity contribution in [1.82, 2.24) is 15.2 Å². The predicted molar refractivity (Wildman–Crippen MR) is 98.7 cm³/mol. The number of carbonyl (C=O) groups excluding carboxylic acids is 1. The van der Waals surface area contributed by atoms with Crippen LogP contribution in [0, 0.1) is 0 Å². The van der Waals surface area contributed by atoms with Crippen molar-refractivity contribution in [2.24, 2.45) is 0 Å². The van der Waals surface area contributed by atoms with E-state index in [1.54, 1.807) is 0 Å². The lowest BCUT2D eigenvalue weighted by molar-refractivity contribution is -0.153. The molecule has 2 atom stereocenters. The summed E-state index contributed by atoms with van der Waals surface area (Å²) in [7, 11) is 0. The molecule has 0 saturated carbocycles. The van der Waals surface area contributed by atoms with Gasteiger partial charge in [0.1, 0.15) is 0 Å². The number of nitrogens with one attached hydrogen (secondary N) is 1. The smallest absolute Gasteiger partial charge is 0.422 e. The number of ether oxygens (including phenoxy) is 2. The summed E-state index contributed by atoms with van der Waals surface area (Å²) in [5.74, 6) is -0.0235. The Morgan fingerprint density at radius 3 is 2.82 bits per heavy atom. The number of hydrogen-bond donors (Lipinski definition) is 1. The average Bonchev–Trinajstić information content (AvgIpc) is 2.92. The van der Waals surface area contributed by atoms with Crippen LogP contribution in [0.1, 0.15) is 36.8 Å². The zero-order valence-electron chi connectivity index (χ0n) is 15.9. The Hall–Kier alpha value is -1.39.